The highest BCUT2D eigenvalue weighted by Crippen LogP contribution is 2.29. The van der Waals surface area contributed by atoms with Gasteiger partial charge in [-0.15, -0.1) is 0 Å². The van der Waals surface area contributed by atoms with Crippen molar-refractivity contribution in [1.29, 1.82) is 5.26 Å². The zero-order valence-corrected chi connectivity index (χ0v) is 11.1. The lowest BCUT2D eigenvalue weighted by Crippen LogP contribution is -2.50. The minimum Gasteiger partial charge on any atom is -0.377 e. The number of benzene rings is 2. The van der Waals surface area contributed by atoms with E-state index < -0.39 is 5.41 Å². The smallest absolute Gasteiger partial charge is 0.249 e. The van der Waals surface area contributed by atoms with Gasteiger partial charge in [0.2, 0.25) is 5.91 Å². The standard InChI is InChI=1S/C16H14N2O2/c1-11-2-3-13-7-14(5-4-12(13)6-11)18-15(19)16(8-17)9-20-10-16/h2-7H,9-10H2,1H3,(H,18,19). The molecule has 1 saturated heterocycles. The summed E-state index contributed by atoms with van der Waals surface area (Å²) in [6, 6.07) is 13.9. The van der Waals surface area contributed by atoms with Crippen LogP contribution in [0.2, 0.25) is 0 Å². The third-order valence-electron chi connectivity index (χ3n) is 3.60. The first kappa shape index (κ1) is 12.6. The molecule has 0 saturated carbocycles. The second kappa shape index (κ2) is 4.62. The first-order chi connectivity index (χ1) is 9.63. The van der Waals surface area contributed by atoms with Gasteiger partial charge >= 0.3 is 0 Å². The van der Waals surface area contributed by atoms with Crippen LogP contribution in [0.15, 0.2) is 36.4 Å². The normalized spacial score (nSPS) is 16.2. The van der Waals surface area contributed by atoms with E-state index >= 15 is 0 Å². The number of nitrogens with one attached hydrogen (secondary N) is 1. The number of carbonyl (C=O) groups excluding carboxylic acids is 1. The van der Waals surface area contributed by atoms with Gasteiger partial charge in [-0.2, -0.15) is 5.26 Å². The van der Waals surface area contributed by atoms with Crippen LogP contribution in [-0.2, 0) is 9.53 Å². The average molecular weight is 266 g/mol. The Morgan fingerprint density at radius 2 is 1.95 bits per heavy atom. The Bertz CT molecular complexity index is 727. The number of anilines is 1. The van der Waals surface area contributed by atoms with Gasteiger partial charge in [0.25, 0.3) is 0 Å². The molecule has 1 amide bonds. The van der Waals surface area contributed by atoms with E-state index in [0.29, 0.717) is 5.69 Å². The van der Waals surface area contributed by atoms with Gasteiger partial charge in [0.1, 0.15) is 0 Å². The van der Waals surface area contributed by atoms with E-state index in [0.717, 1.165) is 10.8 Å². The predicted octanol–water partition coefficient (Wildman–Crippen LogP) is 2.63. The highest BCUT2D eigenvalue weighted by Gasteiger charge is 2.46. The summed E-state index contributed by atoms with van der Waals surface area (Å²) < 4.78 is 4.99. The number of aryl methyl sites for hydroxylation is 1. The summed E-state index contributed by atoms with van der Waals surface area (Å²) in [5, 5.41) is 14.1. The van der Waals surface area contributed by atoms with Crippen LogP contribution in [0.5, 0.6) is 0 Å². The Morgan fingerprint density at radius 1 is 1.25 bits per heavy atom. The molecule has 0 aliphatic carbocycles. The van der Waals surface area contributed by atoms with Crippen LogP contribution >= 0.6 is 0 Å². The minimum atomic E-state index is -1.03. The first-order valence-corrected chi connectivity index (χ1v) is 6.44. The summed E-state index contributed by atoms with van der Waals surface area (Å²) >= 11 is 0. The fourth-order valence-corrected chi connectivity index (χ4v) is 2.25. The van der Waals surface area contributed by atoms with Crippen molar-refractivity contribution >= 4 is 22.4 Å². The molecule has 4 heteroatoms. The molecular formula is C16H14N2O2. The fourth-order valence-electron chi connectivity index (χ4n) is 2.25. The van der Waals surface area contributed by atoms with Crippen LogP contribution in [0.1, 0.15) is 5.56 Å². The Balaban J connectivity index is 1.86. The van der Waals surface area contributed by atoms with Gasteiger partial charge in [0.05, 0.1) is 19.3 Å². The maximum absolute atomic E-state index is 12.1. The molecule has 0 radical (unpaired) electrons. The highest BCUT2D eigenvalue weighted by molar-refractivity contribution is 5.99. The lowest BCUT2D eigenvalue weighted by Gasteiger charge is -2.33. The van der Waals surface area contributed by atoms with Gasteiger partial charge in [-0.05, 0) is 29.8 Å². The molecule has 1 heterocycles. The summed E-state index contributed by atoms with van der Waals surface area (Å²) in [6.45, 7) is 2.38. The van der Waals surface area contributed by atoms with Gasteiger partial charge in [-0.1, -0.05) is 29.8 Å². The highest BCUT2D eigenvalue weighted by atomic mass is 16.5. The van der Waals surface area contributed by atoms with Gasteiger partial charge in [0.15, 0.2) is 5.41 Å². The van der Waals surface area contributed by atoms with E-state index in [1.165, 1.54) is 5.56 Å². The molecule has 1 aliphatic rings. The molecular weight excluding hydrogens is 252 g/mol. The molecule has 2 aromatic rings. The number of carbonyl (C=O) groups is 1. The monoisotopic (exact) mass is 266 g/mol. The van der Waals surface area contributed by atoms with Crippen LogP contribution < -0.4 is 5.32 Å². The van der Waals surface area contributed by atoms with Crippen molar-refractivity contribution < 1.29 is 9.53 Å². The summed E-state index contributed by atoms with van der Waals surface area (Å²) in [5.41, 5.74) is 0.875. The van der Waals surface area contributed by atoms with Crippen LogP contribution in [0, 0.1) is 23.7 Å². The van der Waals surface area contributed by atoms with Gasteiger partial charge in [-0.3, -0.25) is 4.79 Å². The number of amides is 1. The molecule has 0 aromatic heterocycles. The molecule has 4 nitrogen and oxygen atoms in total. The first-order valence-electron chi connectivity index (χ1n) is 6.44. The van der Waals surface area contributed by atoms with Gasteiger partial charge < -0.3 is 10.1 Å². The van der Waals surface area contributed by atoms with E-state index in [2.05, 4.69) is 11.4 Å². The van der Waals surface area contributed by atoms with Crippen molar-refractivity contribution in [2.45, 2.75) is 6.92 Å². The molecule has 20 heavy (non-hydrogen) atoms. The van der Waals surface area contributed by atoms with Gasteiger partial charge in [0, 0.05) is 5.69 Å². The molecule has 3 rings (SSSR count). The topological polar surface area (TPSA) is 62.1 Å². The summed E-state index contributed by atoms with van der Waals surface area (Å²) in [4.78, 5) is 12.1. The lowest BCUT2D eigenvalue weighted by molar-refractivity contribution is -0.144. The molecule has 0 unspecified atom stereocenters. The number of nitrogens with zero attached hydrogens (tertiary/aromatic N) is 1. The average Bonchev–Trinajstić information content (AvgIpc) is 2.38. The van der Waals surface area contributed by atoms with Crippen LogP contribution in [0.4, 0.5) is 5.69 Å². The lowest BCUT2D eigenvalue weighted by atomic mass is 9.87. The Hall–Kier alpha value is -2.38. The molecule has 0 bridgehead atoms. The number of hydrogen-bond donors (Lipinski definition) is 1. The maximum atomic E-state index is 12.1. The fraction of sp³-hybridized carbons (Fsp3) is 0.250. The number of ether oxygens (including phenoxy) is 1. The number of nitriles is 1. The summed E-state index contributed by atoms with van der Waals surface area (Å²) in [5.74, 6) is -0.294. The van der Waals surface area contributed by atoms with E-state index in [9.17, 15) is 4.79 Å². The van der Waals surface area contributed by atoms with Crippen molar-refractivity contribution in [2.24, 2.45) is 5.41 Å². The largest absolute Gasteiger partial charge is 0.377 e. The van der Waals surface area contributed by atoms with E-state index in [1.54, 1.807) is 0 Å². The Morgan fingerprint density at radius 3 is 2.60 bits per heavy atom. The van der Waals surface area contributed by atoms with Crippen molar-refractivity contribution in [2.75, 3.05) is 18.5 Å². The van der Waals surface area contributed by atoms with E-state index in [1.807, 2.05) is 43.3 Å². The minimum absolute atomic E-state index is 0.169. The molecule has 1 N–H and O–H groups in total. The van der Waals surface area contributed by atoms with E-state index in [4.69, 9.17) is 10.00 Å². The van der Waals surface area contributed by atoms with Crippen molar-refractivity contribution in [3.8, 4) is 6.07 Å². The quantitative estimate of drug-likeness (QED) is 0.908. The zero-order chi connectivity index (χ0) is 14.2. The summed E-state index contributed by atoms with van der Waals surface area (Å²) in [6.07, 6.45) is 0. The molecule has 2 aromatic carbocycles. The Labute approximate surface area is 117 Å². The van der Waals surface area contributed by atoms with Crippen molar-refractivity contribution in [1.82, 2.24) is 0 Å². The number of fused-ring (bicyclic) bond motifs is 1. The molecule has 0 spiro atoms. The molecule has 0 atom stereocenters. The predicted molar refractivity (Wildman–Crippen MR) is 76.2 cm³/mol. The van der Waals surface area contributed by atoms with Gasteiger partial charge in [-0.25, -0.2) is 0 Å². The van der Waals surface area contributed by atoms with Crippen LogP contribution in [-0.4, -0.2) is 19.1 Å². The summed E-state index contributed by atoms with van der Waals surface area (Å²) in [7, 11) is 0. The zero-order valence-electron chi connectivity index (χ0n) is 11.1. The van der Waals surface area contributed by atoms with Crippen LogP contribution in [0.25, 0.3) is 10.8 Å². The SMILES string of the molecule is Cc1ccc2cc(NC(=O)C3(C#N)COC3)ccc2c1. The van der Waals surface area contributed by atoms with Crippen molar-refractivity contribution in [3.63, 3.8) is 0 Å². The molecule has 1 aliphatic heterocycles. The van der Waals surface area contributed by atoms with E-state index in [-0.39, 0.29) is 19.1 Å². The Kier molecular flexibility index (Phi) is 2.92. The van der Waals surface area contributed by atoms with Crippen LogP contribution in [0.3, 0.4) is 0 Å². The molecule has 100 valence electrons. The third-order valence-corrected chi connectivity index (χ3v) is 3.60. The molecule has 1 fully saturated rings. The number of rotatable bonds is 2. The third kappa shape index (κ3) is 2.02. The second-order valence-electron chi connectivity index (χ2n) is 5.21. The number of hydrogen-bond acceptors (Lipinski definition) is 3. The second-order valence-corrected chi connectivity index (χ2v) is 5.21. The maximum Gasteiger partial charge on any atom is 0.249 e. The van der Waals surface area contributed by atoms with Crippen molar-refractivity contribution in [3.05, 3.63) is 42.0 Å².